The maximum Gasteiger partial charge on any atom is 0.226 e. The highest BCUT2D eigenvalue weighted by Crippen LogP contribution is 2.15. The van der Waals surface area contributed by atoms with Crippen LogP contribution >= 0.6 is 0 Å². The van der Waals surface area contributed by atoms with Crippen LogP contribution in [0.1, 0.15) is 89.9 Å². The third-order valence-electron chi connectivity index (χ3n) is 4.66. The van der Waals surface area contributed by atoms with E-state index in [-0.39, 0.29) is 0 Å². The van der Waals surface area contributed by atoms with E-state index >= 15 is 0 Å². The lowest BCUT2D eigenvalue weighted by Crippen LogP contribution is -2.31. The van der Waals surface area contributed by atoms with Crippen molar-refractivity contribution in [2.24, 2.45) is 11.7 Å². The fourth-order valence-corrected chi connectivity index (χ4v) is 3.05. The lowest BCUT2D eigenvalue weighted by molar-refractivity contribution is -0.123. The van der Waals surface area contributed by atoms with Crippen molar-refractivity contribution in [3.05, 3.63) is 12.7 Å². The molecular weight excluding hydrogens is 302 g/mol. The molecule has 24 heavy (non-hydrogen) atoms. The first kappa shape index (κ1) is 23.1. The van der Waals surface area contributed by atoms with Crippen LogP contribution in [0.2, 0.25) is 0 Å². The number of aliphatic hydroxyl groups excluding tert-OH is 2. The number of amides is 1. The SMILES string of the molecule is C=CC(C(N)=O)C(O)CCCCCCCCCCCCCCCO. The van der Waals surface area contributed by atoms with Gasteiger partial charge in [0.05, 0.1) is 12.0 Å². The van der Waals surface area contributed by atoms with Gasteiger partial charge in [-0.15, -0.1) is 6.58 Å². The Bertz CT molecular complexity index is 307. The molecule has 0 aliphatic rings. The molecule has 0 heterocycles. The molecule has 0 saturated heterocycles. The number of rotatable bonds is 18. The summed E-state index contributed by atoms with van der Waals surface area (Å²) in [5.74, 6) is -1.11. The molecule has 4 N–H and O–H groups in total. The molecule has 0 aliphatic carbocycles. The quantitative estimate of drug-likeness (QED) is 0.259. The molecule has 0 aromatic carbocycles. The predicted octanol–water partition coefficient (Wildman–Crippen LogP) is 4.09. The van der Waals surface area contributed by atoms with Crippen LogP contribution in [0.4, 0.5) is 0 Å². The van der Waals surface area contributed by atoms with E-state index < -0.39 is 17.9 Å². The Morgan fingerprint density at radius 3 is 1.54 bits per heavy atom. The van der Waals surface area contributed by atoms with Crippen LogP contribution in [0.3, 0.4) is 0 Å². The fourth-order valence-electron chi connectivity index (χ4n) is 3.05. The molecule has 0 rings (SSSR count). The summed E-state index contributed by atoms with van der Waals surface area (Å²) in [5, 5.41) is 18.6. The second-order valence-corrected chi connectivity index (χ2v) is 6.84. The van der Waals surface area contributed by atoms with Gasteiger partial charge in [-0.2, -0.15) is 0 Å². The maximum atomic E-state index is 11.1. The molecule has 0 saturated carbocycles. The van der Waals surface area contributed by atoms with E-state index in [0.29, 0.717) is 13.0 Å². The highest BCUT2D eigenvalue weighted by atomic mass is 16.3. The molecule has 0 spiro atoms. The minimum Gasteiger partial charge on any atom is -0.396 e. The Hall–Kier alpha value is -0.870. The number of hydrogen-bond acceptors (Lipinski definition) is 3. The molecule has 0 aliphatic heterocycles. The lowest BCUT2D eigenvalue weighted by Gasteiger charge is -2.16. The lowest BCUT2D eigenvalue weighted by atomic mass is 9.96. The van der Waals surface area contributed by atoms with E-state index in [1.807, 2.05) is 0 Å². The van der Waals surface area contributed by atoms with Gasteiger partial charge in [-0.05, 0) is 12.8 Å². The molecule has 0 aromatic heterocycles. The molecule has 2 unspecified atom stereocenters. The largest absolute Gasteiger partial charge is 0.396 e. The van der Waals surface area contributed by atoms with Crippen LogP contribution in [0.15, 0.2) is 12.7 Å². The van der Waals surface area contributed by atoms with Gasteiger partial charge >= 0.3 is 0 Å². The molecule has 2 atom stereocenters. The van der Waals surface area contributed by atoms with Gasteiger partial charge in [0, 0.05) is 6.61 Å². The summed E-state index contributed by atoms with van der Waals surface area (Å²) < 4.78 is 0. The van der Waals surface area contributed by atoms with E-state index in [2.05, 4.69) is 6.58 Å². The minimum absolute atomic E-state index is 0.332. The van der Waals surface area contributed by atoms with E-state index in [4.69, 9.17) is 10.8 Å². The molecular formula is C20H39NO3. The highest BCUT2D eigenvalue weighted by Gasteiger charge is 2.20. The zero-order valence-corrected chi connectivity index (χ0v) is 15.4. The summed E-state index contributed by atoms with van der Waals surface area (Å²) in [7, 11) is 0. The van der Waals surface area contributed by atoms with Crippen LogP contribution in [0, 0.1) is 5.92 Å². The van der Waals surface area contributed by atoms with E-state index in [1.165, 1.54) is 63.9 Å². The van der Waals surface area contributed by atoms with Crippen LogP contribution in [-0.4, -0.2) is 28.8 Å². The average Bonchev–Trinajstić information content (AvgIpc) is 2.55. The zero-order chi connectivity index (χ0) is 18.0. The number of primary amides is 1. The van der Waals surface area contributed by atoms with Crippen molar-refractivity contribution in [3.63, 3.8) is 0 Å². The first-order chi connectivity index (χ1) is 11.6. The molecule has 0 fully saturated rings. The van der Waals surface area contributed by atoms with Gasteiger partial charge in [0.2, 0.25) is 5.91 Å². The Kier molecular flexibility index (Phi) is 16.4. The van der Waals surface area contributed by atoms with Crippen LogP contribution in [0.5, 0.6) is 0 Å². The number of unbranched alkanes of at least 4 members (excludes halogenated alkanes) is 12. The van der Waals surface area contributed by atoms with Crippen molar-refractivity contribution in [3.8, 4) is 0 Å². The smallest absolute Gasteiger partial charge is 0.226 e. The van der Waals surface area contributed by atoms with Crippen molar-refractivity contribution in [1.82, 2.24) is 0 Å². The molecule has 4 nitrogen and oxygen atoms in total. The predicted molar refractivity (Wildman–Crippen MR) is 101 cm³/mol. The fraction of sp³-hybridized carbons (Fsp3) is 0.850. The van der Waals surface area contributed by atoms with E-state index in [9.17, 15) is 9.90 Å². The van der Waals surface area contributed by atoms with Crippen molar-refractivity contribution in [1.29, 1.82) is 0 Å². The van der Waals surface area contributed by atoms with Gasteiger partial charge in [0.1, 0.15) is 0 Å². The van der Waals surface area contributed by atoms with E-state index in [0.717, 1.165) is 25.7 Å². The van der Waals surface area contributed by atoms with Gasteiger partial charge < -0.3 is 15.9 Å². The molecule has 0 radical (unpaired) electrons. The zero-order valence-electron chi connectivity index (χ0n) is 15.4. The summed E-state index contributed by atoms with van der Waals surface area (Å²) in [6.45, 7) is 3.88. The third kappa shape index (κ3) is 13.6. The number of nitrogens with two attached hydrogens (primary N) is 1. The van der Waals surface area contributed by atoms with Crippen LogP contribution < -0.4 is 5.73 Å². The summed E-state index contributed by atoms with van der Waals surface area (Å²) in [4.78, 5) is 11.1. The highest BCUT2D eigenvalue weighted by molar-refractivity contribution is 5.78. The van der Waals surface area contributed by atoms with Crippen molar-refractivity contribution in [2.45, 2.75) is 96.0 Å². The number of carbonyl (C=O) groups is 1. The number of hydrogen-bond donors (Lipinski definition) is 3. The summed E-state index contributed by atoms with van der Waals surface area (Å²) in [5.41, 5.74) is 5.22. The second kappa shape index (κ2) is 17.0. The number of carbonyl (C=O) groups excluding carboxylic acids is 1. The summed E-state index contributed by atoms with van der Waals surface area (Å²) in [6, 6.07) is 0. The standard InChI is InChI=1S/C20H39NO3/c1-2-18(20(21)24)19(23)16-14-12-10-8-6-4-3-5-7-9-11-13-15-17-22/h2,18-19,22-23H,1,3-17H2,(H2,21,24). The summed E-state index contributed by atoms with van der Waals surface area (Å²) >= 11 is 0. The van der Waals surface area contributed by atoms with Crippen molar-refractivity contribution < 1.29 is 15.0 Å². The average molecular weight is 342 g/mol. The molecule has 142 valence electrons. The third-order valence-corrected chi connectivity index (χ3v) is 4.66. The van der Waals surface area contributed by atoms with Gasteiger partial charge in [-0.1, -0.05) is 83.1 Å². The first-order valence-electron chi connectivity index (χ1n) is 9.84. The van der Waals surface area contributed by atoms with Gasteiger partial charge in [0.25, 0.3) is 0 Å². The normalized spacial score (nSPS) is 13.6. The Morgan fingerprint density at radius 1 is 0.833 bits per heavy atom. The van der Waals surface area contributed by atoms with Crippen LogP contribution in [-0.2, 0) is 4.79 Å². The van der Waals surface area contributed by atoms with Crippen molar-refractivity contribution >= 4 is 5.91 Å². The number of aliphatic hydroxyl groups is 2. The minimum atomic E-state index is -0.683. The van der Waals surface area contributed by atoms with Gasteiger partial charge in [-0.25, -0.2) is 0 Å². The topological polar surface area (TPSA) is 83.6 Å². The Labute approximate surface area is 148 Å². The second-order valence-electron chi connectivity index (χ2n) is 6.84. The molecule has 0 aromatic rings. The maximum absolute atomic E-state index is 11.1. The van der Waals surface area contributed by atoms with Gasteiger partial charge in [0.15, 0.2) is 0 Å². The Morgan fingerprint density at radius 2 is 1.21 bits per heavy atom. The Balaban J connectivity index is 3.28. The monoisotopic (exact) mass is 341 g/mol. The first-order valence-corrected chi connectivity index (χ1v) is 9.84. The van der Waals surface area contributed by atoms with E-state index in [1.54, 1.807) is 0 Å². The van der Waals surface area contributed by atoms with Gasteiger partial charge in [-0.3, -0.25) is 4.79 Å². The van der Waals surface area contributed by atoms with Crippen LogP contribution in [0.25, 0.3) is 0 Å². The molecule has 1 amide bonds. The molecule has 0 bridgehead atoms. The van der Waals surface area contributed by atoms with Crippen molar-refractivity contribution in [2.75, 3.05) is 6.61 Å². The molecule has 4 heteroatoms. The summed E-state index contributed by atoms with van der Waals surface area (Å²) in [6.07, 6.45) is 17.2.